The lowest BCUT2D eigenvalue weighted by Gasteiger charge is -2.07. The molecule has 0 saturated carbocycles. The van der Waals surface area contributed by atoms with Crippen LogP contribution in [0.1, 0.15) is 32.1 Å². The number of benzene rings is 2. The van der Waals surface area contributed by atoms with Crippen LogP contribution in [0.2, 0.25) is 0 Å². The van der Waals surface area contributed by atoms with E-state index >= 15 is 0 Å². The third kappa shape index (κ3) is 4.35. The lowest BCUT2D eigenvalue weighted by Crippen LogP contribution is -2.20. The number of amides is 2. The first-order valence-corrected chi connectivity index (χ1v) is 9.78. The third-order valence-electron chi connectivity index (χ3n) is 4.78. The molecule has 0 aliphatic heterocycles. The minimum absolute atomic E-state index is 0.0374. The highest BCUT2D eigenvalue weighted by atomic mass is 16.2. The number of hydrogen-bond donors (Lipinski definition) is 2. The number of rotatable bonds is 5. The van der Waals surface area contributed by atoms with E-state index in [2.05, 4.69) is 20.7 Å². The number of hydrogen-bond acceptors (Lipinski definition) is 4. The highest BCUT2D eigenvalue weighted by Crippen LogP contribution is 2.21. The smallest absolute Gasteiger partial charge is 0.277 e. The summed E-state index contributed by atoms with van der Waals surface area (Å²) < 4.78 is 1.60. The number of nitrogens with one attached hydrogen (secondary N) is 2. The first-order valence-electron chi connectivity index (χ1n) is 9.78. The fraction of sp³-hybridized carbons (Fsp3) is 0.0833. The van der Waals surface area contributed by atoms with Crippen molar-refractivity contribution in [3.05, 3.63) is 102 Å². The van der Waals surface area contributed by atoms with Crippen molar-refractivity contribution >= 4 is 23.3 Å². The van der Waals surface area contributed by atoms with Gasteiger partial charge in [0, 0.05) is 11.9 Å². The molecule has 4 rings (SSSR count). The highest BCUT2D eigenvalue weighted by Gasteiger charge is 2.27. The summed E-state index contributed by atoms with van der Waals surface area (Å²) in [6.45, 7) is 3.75. The molecule has 0 atom stereocenters. The molecular weight excluding hydrogens is 390 g/mol. The van der Waals surface area contributed by atoms with Gasteiger partial charge in [-0.05, 0) is 50.2 Å². The van der Waals surface area contributed by atoms with Gasteiger partial charge in [-0.25, -0.2) is 9.67 Å². The molecule has 2 aromatic carbocycles. The molecule has 0 fully saturated rings. The Hall–Kier alpha value is -4.26. The number of para-hydroxylation sites is 1. The summed E-state index contributed by atoms with van der Waals surface area (Å²) in [6.07, 6.45) is 1.58. The van der Waals surface area contributed by atoms with E-state index in [0.717, 1.165) is 11.3 Å². The molecule has 31 heavy (non-hydrogen) atoms. The number of anilines is 2. The van der Waals surface area contributed by atoms with E-state index in [4.69, 9.17) is 0 Å². The summed E-state index contributed by atoms with van der Waals surface area (Å²) in [5, 5.41) is 10.0. The Morgan fingerprint density at radius 2 is 1.52 bits per heavy atom. The van der Waals surface area contributed by atoms with Gasteiger partial charge in [-0.3, -0.25) is 9.59 Å². The van der Waals surface area contributed by atoms with Gasteiger partial charge in [0.2, 0.25) is 0 Å². The number of nitrogens with zero attached hydrogens (tertiary/aromatic N) is 3. The molecule has 0 saturated heterocycles. The van der Waals surface area contributed by atoms with Crippen molar-refractivity contribution in [2.24, 2.45) is 0 Å². The summed E-state index contributed by atoms with van der Waals surface area (Å²) in [5.41, 5.74) is 3.26. The van der Waals surface area contributed by atoms with Crippen LogP contribution < -0.4 is 10.6 Å². The van der Waals surface area contributed by atoms with E-state index in [1.165, 1.54) is 0 Å². The number of aromatic nitrogens is 3. The van der Waals surface area contributed by atoms with E-state index in [-0.39, 0.29) is 11.3 Å². The predicted molar refractivity (Wildman–Crippen MR) is 120 cm³/mol. The zero-order chi connectivity index (χ0) is 21.8. The average molecular weight is 411 g/mol. The molecule has 2 N–H and O–H groups in total. The molecule has 7 nitrogen and oxygen atoms in total. The van der Waals surface area contributed by atoms with Crippen LogP contribution in [-0.4, -0.2) is 26.6 Å². The number of aryl methyl sites for hydroxylation is 1. The van der Waals surface area contributed by atoms with Crippen LogP contribution in [0.3, 0.4) is 0 Å². The van der Waals surface area contributed by atoms with Gasteiger partial charge in [0.05, 0.1) is 16.9 Å². The second kappa shape index (κ2) is 8.62. The Morgan fingerprint density at radius 3 is 2.19 bits per heavy atom. The Labute approximate surface area is 179 Å². The molecular formula is C24H21N5O2. The van der Waals surface area contributed by atoms with E-state index in [1.807, 2.05) is 49.4 Å². The van der Waals surface area contributed by atoms with E-state index in [0.29, 0.717) is 17.2 Å². The minimum atomic E-state index is -0.466. The van der Waals surface area contributed by atoms with Gasteiger partial charge >= 0.3 is 0 Å². The fourth-order valence-corrected chi connectivity index (χ4v) is 3.20. The molecule has 0 spiro atoms. The molecule has 2 aromatic heterocycles. The molecule has 0 radical (unpaired) electrons. The van der Waals surface area contributed by atoms with Crippen molar-refractivity contribution in [2.75, 3.05) is 10.6 Å². The molecule has 2 heterocycles. The predicted octanol–water partition coefficient (Wildman–Crippen LogP) is 4.39. The van der Waals surface area contributed by atoms with Gasteiger partial charge in [-0.1, -0.05) is 42.0 Å². The van der Waals surface area contributed by atoms with Crippen molar-refractivity contribution in [3.8, 4) is 5.69 Å². The first-order chi connectivity index (χ1) is 15.0. The third-order valence-corrected chi connectivity index (χ3v) is 4.78. The lowest BCUT2D eigenvalue weighted by atomic mass is 10.1. The number of carbonyl (C=O) groups excluding carboxylic acids is 2. The van der Waals surface area contributed by atoms with Crippen LogP contribution >= 0.6 is 0 Å². The van der Waals surface area contributed by atoms with Crippen LogP contribution in [0.4, 0.5) is 11.5 Å². The fourth-order valence-electron chi connectivity index (χ4n) is 3.20. The Balaban J connectivity index is 1.75. The van der Waals surface area contributed by atoms with Gasteiger partial charge < -0.3 is 10.6 Å². The summed E-state index contributed by atoms with van der Waals surface area (Å²) in [5.74, 6) is -0.525. The quantitative estimate of drug-likeness (QED) is 0.510. The van der Waals surface area contributed by atoms with Gasteiger partial charge in [0.15, 0.2) is 5.69 Å². The van der Waals surface area contributed by atoms with Gasteiger partial charge in [-0.15, -0.1) is 0 Å². The van der Waals surface area contributed by atoms with Crippen molar-refractivity contribution in [1.82, 2.24) is 14.8 Å². The topological polar surface area (TPSA) is 88.9 Å². The monoisotopic (exact) mass is 411 g/mol. The van der Waals surface area contributed by atoms with Crippen molar-refractivity contribution in [2.45, 2.75) is 13.8 Å². The van der Waals surface area contributed by atoms with Gasteiger partial charge in [-0.2, -0.15) is 5.10 Å². The molecule has 0 aliphatic rings. The van der Waals surface area contributed by atoms with Crippen LogP contribution in [0, 0.1) is 13.8 Å². The standard InChI is InChI=1S/C24H21N5O2/c1-16-11-13-19(14-12-16)29-17(2)21(23(30)27-20-10-6-7-15-25-20)22(28-29)24(31)26-18-8-4-3-5-9-18/h3-15H,1-2H3,(H,26,31)(H,25,27,30). The maximum absolute atomic E-state index is 13.1. The van der Waals surface area contributed by atoms with Crippen LogP contribution in [-0.2, 0) is 0 Å². The van der Waals surface area contributed by atoms with Crippen LogP contribution in [0.5, 0.6) is 0 Å². The molecule has 4 aromatic rings. The Kier molecular flexibility index (Phi) is 5.57. The zero-order valence-corrected chi connectivity index (χ0v) is 17.2. The van der Waals surface area contributed by atoms with Gasteiger partial charge in [0.25, 0.3) is 11.8 Å². The summed E-state index contributed by atoms with van der Waals surface area (Å²) in [6, 6.07) is 22.0. The summed E-state index contributed by atoms with van der Waals surface area (Å²) in [4.78, 5) is 30.3. The van der Waals surface area contributed by atoms with Crippen LogP contribution in [0.15, 0.2) is 79.0 Å². The largest absolute Gasteiger partial charge is 0.321 e. The maximum Gasteiger partial charge on any atom is 0.277 e. The van der Waals surface area contributed by atoms with E-state index in [1.54, 1.807) is 48.1 Å². The van der Waals surface area contributed by atoms with E-state index < -0.39 is 11.8 Å². The second-order valence-electron chi connectivity index (χ2n) is 7.05. The second-order valence-corrected chi connectivity index (χ2v) is 7.05. The lowest BCUT2D eigenvalue weighted by molar-refractivity contribution is 0.0987. The van der Waals surface area contributed by atoms with E-state index in [9.17, 15) is 9.59 Å². The average Bonchev–Trinajstić information content (AvgIpc) is 3.13. The highest BCUT2D eigenvalue weighted by molar-refractivity contribution is 6.14. The van der Waals surface area contributed by atoms with Crippen molar-refractivity contribution in [1.29, 1.82) is 0 Å². The summed E-state index contributed by atoms with van der Waals surface area (Å²) >= 11 is 0. The van der Waals surface area contributed by atoms with Gasteiger partial charge in [0.1, 0.15) is 5.82 Å². The molecule has 0 aliphatic carbocycles. The minimum Gasteiger partial charge on any atom is -0.321 e. The van der Waals surface area contributed by atoms with Crippen molar-refractivity contribution < 1.29 is 9.59 Å². The molecule has 7 heteroatoms. The molecule has 0 bridgehead atoms. The van der Waals surface area contributed by atoms with Crippen LogP contribution in [0.25, 0.3) is 5.69 Å². The zero-order valence-electron chi connectivity index (χ0n) is 17.2. The molecule has 2 amide bonds. The number of carbonyl (C=O) groups is 2. The normalized spacial score (nSPS) is 10.5. The van der Waals surface area contributed by atoms with Crippen molar-refractivity contribution in [3.63, 3.8) is 0 Å². The molecule has 154 valence electrons. The SMILES string of the molecule is Cc1ccc(-n2nc(C(=O)Nc3ccccc3)c(C(=O)Nc3ccccn3)c2C)cc1. The Bertz CT molecular complexity index is 1220. The Morgan fingerprint density at radius 1 is 0.806 bits per heavy atom. The maximum atomic E-state index is 13.1. The first kappa shape index (κ1) is 20.0. The molecule has 0 unspecified atom stereocenters. The summed E-state index contributed by atoms with van der Waals surface area (Å²) in [7, 11) is 0. The number of pyridine rings is 1.